The molecular weight excluding hydrogens is 216 g/mol. The van der Waals surface area contributed by atoms with Crippen molar-refractivity contribution in [1.82, 2.24) is 0 Å². The summed E-state index contributed by atoms with van der Waals surface area (Å²) in [6.07, 6.45) is 4.97. The number of benzene rings is 1. The molecule has 0 spiro atoms. The molecule has 88 valence electrons. The average molecular weight is 236 g/mol. The van der Waals surface area contributed by atoms with Crippen molar-refractivity contribution in [3.8, 4) is 0 Å². The van der Waals surface area contributed by atoms with Gasteiger partial charge in [-0.1, -0.05) is 24.6 Å². The van der Waals surface area contributed by atoms with Gasteiger partial charge < -0.3 is 4.74 Å². The molecule has 0 N–H and O–H groups in total. The molecule has 2 heteroatoms. The van der Waals surface area contributed by atoms with Crippen LogP contribution in [0.15, 0.2) is 41.5 Å². The maximum atomic E-state index is 5.32. The SMILES string of the molecule is CCCOC=CC(C)Sc1ccc(C)cc1. The first kappa shape index (κ1) is 13.2. The minimum Gasteiger partial charge on any atom is -0.502 e. The number of hydrogen-bond donors (Lipinski definition) is 0. The third-order valence-electron chi connectivity index (χ3n) is 2.11. The van der Waals surface area contributed by atoms with Crippen LogP contribution < -0.4 is 0 Å². The highest BCUT2D eigenvalue weighted by atomic mass is 32.2. The molecule has 0 saturated carbocycles. The fourth-order valence-electron chi connectivity index (χ4n) is 1.22. The Bertz CT molecular complexity index is 316. The lowest BCUT2D eigenvalue weighted by Crippen LogP contribution is -1.91. The van der Waals surface area contributed by atoms with Crippen molar-refractivity contribution >= 4 is 11.8 Å². The van der Waals surface area contributed by atoms with Crippen molar-refractivity contribution in [1.29, 1.82) is 0 Å². The maximum Gasteiger partial charge on any atom is 0.0870 e. The molecule has 1 rings (SSSR count). The molecule has 1 aromatic rings. The first-order valence-electron chi connectivity index (χ1n) is 5.74. The Morgan fingerprint density at radius 2 is 2.00 bits per heavy atom. The monoisotopic (exact) mass is 236 g/mol. The predicted molar refractivity (Wildman–Crippen MR) is 71.9 cm³/mol. The summed E-state index contributed by atoms with van der Waals surface area (Å²) in [5.41, 5.74) is 1.30. The molecule has 0 saturated heterocycles. The van der Waals surface area contributed by atoms with E-state index in [4.69, 9.17) is 4.74 Å². The summed E-state index contributed by atoms with van der Waals surface area (Å²) >= 11 is 1.84. The van der Waals surface area contributed by atoms with Crippen LogP contribution >= 0.6 is 11.8 Å². The highest BCUT2D eigenvalue weighted by Crippen LogP contribution is 2.23. The third kappa shape index (κ3) is 5.26. The van der Waals surface area contributed by atoms with Crippen molar-refractivity contribution in [2.24, 2.45) is 0 Å². The lowest BCUT2D eigenvalue weighted by atomic mass is 10.2. The van der Waals surface area contributed by atoms with Gasteiger partial charge in [0.25, 0.3) is 0 Å². The topological polar surface area (TPSA) is 9.23 Å². The smallest absolute Gasteiger partial charge is 0.0870 e. The second-order valence-corrected chi connectivity index (χ2v) is 5.29. The Labute approximate surface area is 103 Å². The van der Waals surface area contributed by atoms with E-state index in [1.54, 1.807) is 0 Å². The van der Waals surface area contributed by atoms with E-state index in [2.05, 4.69) is 51.1 Å². The Hall–Kier alpha value is -0.890. The van der Waals surface area contributed by atoms with Gasteiger partial charge in [0.1, 0.15) is 0 Å². The lowest BCUT2D eigenvalue weighted by molar-refractivity contribution is 0.249. The van der Waals surface area contributed by atoms with Crippen LogP contribution in [-0.4, -0.2) is 11.9 Å². The van der Waals surface area contributed by atoms with Crippen LogP contribution in [0.4, 0.5) is 0 Å². The van der Waals surface area contributed by atoms with E-state index in [0.717, 1.165) is 13.0 Å². The van der Waals surface area contributed by atoms with Crippen LogP contribution in [0, 0.1) is 6.92 Å². The molecule has 0 radical (unpaired) electrons. The van der Waals surface area contributed by atoms with Gasteiger partial charge in [-0.25, -0.2) is 0 Å². The van der Waals surface area contributed by atoms with Crippen molar-refractivity contribution in [2.45, 2.75) is 37.3 Å². The summed E-state index contributed by atoms with van der Waals surface area (Å²) in [6, 6.07) is 8.62. The highest BCUT2D eigenvalue weighted by molar-refractivity contribution is 8.00. The number of aryl methyl sites for hydroxylation is 1. The van der Waals surface area contributed by atoms with E-state index in [9.17, 15) is 0 Å². The van der Waals surface area contributed by atoms with Crippen LogP contribution in [0.2, 0.25) is 0 Å². The van der Waals surface area contributed by atoms with Crippen molar-refractivity contribution < 1.29 is 4.74 Å². The molecule has 0 aliphatic carbocycles. The van der Waals surface area contributed by atoms with Crippen molar-refractivity contribution in [3.05, 3.63) is 42.2 Å². The summed E-state index contributed by atoms with van der Waals surface area (Å²) in [6.45, 7) is 7.20. The van der Waals surface area contributed by atoms with E-state index >= 15 is 0 Å². The van der Waals surface area contributed by atoms with E-state index in [1.807, 2.05) is 18.0 Å². The molecule has 1 unspecified atom stereocenters. The van der Waals surface area contributed by atoms with Crippen LogP contribution in [0.5, 0.6) is 0 Å². The van der Waals surface area contributed by atoms with Gasteiger partial charge in [0, 0.05) is 10.1 Å². The second-order valence-electron chi connectivity index (χ2n) is 3.84. The number of thioether (sulfide) groups is 1. The summed E-state index contributed by atoms with van der Waals surface area (Å²) in [5, 5.41) is 0.444. The normalized spacial score (nSPS) is 12.9. The molecule has 0 fully saturated rings. The first-order chi connectivity index (χ1) is 7.72. The van der Waals surface area contributed by atoms with Gasteiger partial charge in [0.05, 0.1) is 12.9 Å². The Morgan fingerprint density at radius 3 is 2.62 bits per heavy atom. The van der Waals surface area contributed by atoms with Gasteiger partial charge in [-0.05, 0) is 38.5 Å². The Balaban J connectivity index is 2.36. The first-order valence-corrected chi connectivity index (χ1v) is 6.62. The van der Waals surface area contributed by atoms with E-state index in [0.29, 0.717) is 5.25 Å². The van der Waals surface area contributed by atoms with Gasteiger partial charge in [0.2, 0.25) is 0 Å². The van der Waals surface area contributed by atoms with Crippen LogP contribution in [0.1, 0.15) is 25.8 Å². The summed E-state index contributed by atoms with van der Waals surface area (Å²) in [7, 11) is 0. The van der Waals surface area contributed by atoms with Gasteiger partial charge in [-0.3, -0.25) is 0 Å². The molecule has 1 atom stereocenters. The fraction of sp³-hybridized carbons (Fsp3) is 0.429. The largest absolute Gasteiger partial charge is 0.502 e. The summed E-state index contributed by atoms with van der Waals surface area (Å²) in [5.74, 6) is 0. The van der Waals surface area contributed by atoms with Crippen LogP contribution in [0.25, 0.3) is 0 Å². The lowest BCUT2D eigenvalue weighted by Gasteiger charge is -2.06. The van der Waals surface area contributed by atoms with E-state index in [1.165, 1.54) is 10.5 Å². The predicted octanol–water partition coefficient (Wildman–Crippen LogP) is 4.42. The number of hydrogen-bond acceptors (Lipinski definition) is 2. The molecule has 1 aromatic carbocycles. The molecule has 0 aliphatic rings. The maximum absolute atomic E-state index is 5.32. The fourth-order valence-corrected chi connectivity index (χ4v) is 2.09. The second kappa shape index (κ2) is 7.39. The standard InChI is InChI=1S/C14H20OS/c1-4-10-15-11-9-13(3)16-14-7-5-12(2)6-8-14/h5-9,11,13H,4,10H2,1-3H3. The molecule has 16 heavy (non-hydrogen) atoms. The zero-order valence-electron chi connectivity index (χ0n) is 10.3. The van der Waals surface area contributed by atoms with Gasteiger partial charge in [-0.15, -0.1) is 11.8 Å². The summed E-state index contributed by atoms with van der Waals surface area (Å²) in [4.78, 5) is 1.30. The van der Waals surface area contributed by atoms with Crippen LogP contribution in [-0.2, 0) is 4.74 Å². The van der Waals surface area contributed by atoms with E-state index in [-0.39, 0.29) is 0 Å². The Morgan fingerprint density at radius 1 is 1.31 bits per heavy atom. The van der Waals surface area contributed by atoms with Crippen LogP contribution in [0.3, 0.4) is 0 Å². The molecule has 0 bridgehead atoms. The number of rotatable bonds is 6. The minimum absolute atomic E-state index is 0.444. The van der Waals surface area contributed by atoms with Crippen molar-refractivity contribution in [3.63, 3.8) is 0 Å². The Kier molecular flexibility index (Phi) is 6.09. The highest BCUT2D eigenvalue weighted by Gasteiger charge is 1.99. The average Bonchev–Trinajstić information content (AvgIpc) is 2.28. The third-order valence-corrected chi connectivity index (χ3v) is 3.18. The zero-order valence-corrected chi connectivity index (χ0v) is 11.1. The van der Waals surface area contributed by atoms with Crippen molar-refractivity contribution in [2.75, 3.05) is 6.61 Å². The molecule has 0 aromatic heterocycles. The van der Waals surface area contributed by atoms with Gasteiger partial charge in [-0.2, -0.15) is 0 Å². The van der Waals surface area contributed by atoms with Gasteiger partial charge in [0.15, 0.2) is 0 Å². The summed E-state index contributed by atoms with van der Waals surface area (Å²) < 4.78 is 5.32. The van der Waals surface area contributed by atoms with Gasteiger partial charge >= 0.3 is 0 Å². The molecule has 0 heterocycles. The van der Waals surface area contributed by atoms with E-state index < -0.39 is 0 Å². The quantitative estimate of drug-likeness (QED) is 0.411. The number of ether oxygens (including phenoxy) is 1. The minimum atomic E-state index is 0.444. The molecule has 1 nitrogen and oxygen atoms in total. The molecule has 0 amide bonds. The molecule has 0 aliphatic heterocycles. The molecular formula is C14H20OS. The zero-order chi connectivity index (χ0) is 11.8.